The lowest BCUT2D eigenvalue weighted by atomic mass is 10.0. The minimum Gasteiger partial charge on any atom is -0.493 e. The second kappa shape index (κ2) is 15.3. The fourth-order valence-electron chi connectivity index (χ4n) is 4.70. The van der Waals surface area contributed by atoms with Crippen molar-refractivity contribution in [3.8, 4) is 11.5 Å². The van der Waals surface area contributed by atoms with Gasteiger partial charge in [-0.1, -0.05) is 83.9 Å². The van der Waals surface area contributed by atoms with Gasteiger partial charge >= 0.3 is 0 Å². The summed E-state index contributed by atoms with van der Waals surface area (Å²) in [5, 5.41) is 4.28. The van der Waals surface area contributed by atoms with Crippen molar-refractivity contribution < 1.29 is 19.1 Å². The Morgan fingerprint density at radius 1 is 0.738 bits per heavy atom. The van der Waals surface area contributed by atoms with E-state index in [4.69, 9.17) is 32.7 Å². The maximum Gasteiger partial charge on any atom is 0.243 e. The van der Waals surface area contributed by atoms with E-state index in [0.717, 1.165) is 22.3 Å². The molecule has 4 aromatic rings. The molecule has 0 saturated heterocycles. The summed E-state index contributed by atoms with van der Waals surface area (Å²) in [6.07, 6.45) is 1.08. The van der Waals surface area contributed by atoms with Crippen LogP contribution < -0.4 is 14.8 Å². The molecule has 2 amide bonds. The fraction of sp³-hybridized carbons (Fsp3) is 0.235. The van der Waals surface area contributed by atoms with Gasteiger partial charge in [0.05, 0.1) is 20.6 Å². The number of ether oxygens (including phenoxy) is 2. The van der Waals surface area contributed by atoms with E-state index in [2.05, 4.69) is 5.32 Å². The Bertz CT molecular complexity index is 1460. The Hall–Kier alpha value is -4.00. The number of hydrogen-bond donors (Lipinski definition) is 1. The van der Waals surface area contributed by atoms with Gasteiger partial charge in [-0.2, -0.15) is 0 Å². The zero-order chi connectivity index (χ0) is 29.9. The molecule has 6 nitrogen and oxygen atoms in total. The number of methoxy groups -OCH3 is 2. The molecule has 4 rings (SSSR count). The van der Waals surface area contributed by atoms with E-state index in [9.17, 15) is 9.59 Å². The number of carbonyl (C=O) groups is 2. The average Bonchev–Trinajstić information content (AvgIpc) is 3.01. The Kier molecular flexibility index (Phi) is 11.3. The molecule has 0 aliphatic rings. The number of hydrogen-bond acceptors (Lipinski definition) is 4. The molecule has 1 atom stereocenters. The largest absolute Gasteiger partial charge is 0.493 e. The van der Waals surface area contributed by atoms with Crippen molar-refractivity contribution in [1.82, 2.24) is 10.2 Å². The van der Waals surface area contributed by atoms with Crippen molar-refractivity contribution in [3.05, 3.63) is 129 Å². The number of nitrogens with one attached hydrogen (secondary N) is 1. The lowest BCUT2D eigenvalue weighted by Gasteiger charge is -2.32. The molecule has 0 spiro atoms. The molecule has 4 aromatic carbocycles. The van der Waals surface area contributed by atoms with Gasteiger partial charge in [0.1, 0.15) is 6.04 Å². The first-order valence-electron chi connectivity index (χ1n) is 13.7. The normalized spacial score (nSPS) is 11.4. The molecule has 0 bridgehead atoms. The quantitative estimate of drug-likeness (QED) is 0.188. The summed E-state index contributed by atoms with van der Waals surface area (Å²) >= 11 is 12.2. The zero-order valence-corrected chi connectivity index (χ0v) is 25.2. The average molecular weight is 606 g/mol. The molecular formula is C34H34Cl2N2O4. The topological polar surface area (TPSA) is 67.9 Å². The molecule has 0 saturated carbocycles. The van der Waals surface area contributed by atoms with E-state index in [-0.39, 0.29) is 24.8 Å². The summed E-state index contributed by atoms with van der Waals surface area (Å²) in [5.74, 6) is 0.886. The maximum atomic E-state index is 13.9. The van der Waals surface area contributed by atoms with Crippen molar-refractivity contribution in [2.75, 3.05) is 20.8 Å². The summed E-state index contributed by atoms with van der Waals surface area (Å²) in [6, 6.07) is 29.2. The molecule has 0 aromatic heterocycles. The molecule has 42 heavy (non-hydrogen) atoms. The molecule has 218 valence electrons. The third kappa shape index (κ3) is 8.75. The smallest absolute Gasteiger partial charge is 0.243 e. The van der Waals surface area contributed by atoms with Crippen LogP contribution in [0.2, 0.25) is 10.0 Å². The molecule has 0 unspecified atom stereocenters. The first-order chi connectivity index (χ1) is 20.4. The van der Waals surface area contributed by atoms with Crippen molar-refractivity contribution in [2.24, 2.45) is 0 Å². The third-order valence-corrected chi connectivity index (χ3v) is 7.47. The SMILES string of the molecule is COc1ccc(CCNC(=O)[C@@H](Cc2ccccc2)N(Cc2ccc(Cl)cc2)C(=O)Cc2ccc(Cl)cc2)cc1OC. The lowest BCUT2D eigenvalue weighted by molar-refractivity contribution is -0.140. The van der Waals surface area contributed by atoms with E-state index in [1.54, 1.807) is 43.4 Å². The summed E-state index contributed by atoms with van der Waals surface area (Å²) in [6.45, 7) is 0.643. The van der Waals surface area contributed by atoms with E-state index in [1.807, 2.05) is 72.8 Å². The fourth-order valence-corrected chi connectivity index (χ4v) is 4.95. The molecule has 0 aliphatic heterocycles. The molecule has 0 radical (unpaired) electrons. The van der Waals surface area contributed by atoms with Crippen LogP contribution in [-0.4, -0.2) is 43.5 Å². The molecule has 0 fully saturated rings. The molecular weight excluding hydrogens is 571 g/mol. The molecule has 0 aliphatic carbocycles. The van der Waals surface area contributed by atoms with E-state index >= 15 is 0 Å². The van der Waals surface area contributed by atoms with Crippen molar-refractivity contribution in [1.29, 1.82) is 0 Å². The first kappa shape index (κ1) is 30.9. The lowest BCUT2D eigenvalue weighted by Crippen LogP contribution is -2.51. The monoisotopic (exact) mass is 604 g/mol. The second-order valence-corrected chi connectivity index (χ2v) is 10.8. The predicted octanol–water partition coefficient (Wildman–Crippen LogP) is 6.55. The highest BCUT2D eigenvalue weighted by molar-refractivity contribution is 6.30. The van der Waals surface area contributed by atoms with Crippen molar-refractivity contribution >= 4 is 35.0 Å². The second-order valence-electron chi connectivity index (χ2n) is 9.89. The van der Waals surface area contributed by atoms with Gasteiger partial charge in [-0.05, 0) is 65.1 Å². The Balaban J connectivity index is 1.58. The highest BCUT2D eigenvalue weighted by atomic mass is 35.5. The highest BCUT2D eigenvalue weighted by Crippen LogP contribution is 2.27. The van der Waals surface area contributed by atoms with Crippen LogP contribution in [0.1, 0.15) is 22.3 Å². The van der Waals surface area contributed by atoms with E-state index < -0.39 is 6.04 Å². The van der Waals surface area contributed by atoms with Crippen LogP contribution in [0.25, 0.3) is 0 Å². The number of nitrogens with zero attached hydrogens (tertiary/aromatic N) is 1. The predicted molar refractivity (Wildman–Crippen MR) is 167 cm³/mol. The van der Waals surface area contributed by atoms with Crippen LogP contribution in [0.15, 0.2) is 97.1 Å². The molecule has 8 heteroatoms. The van der Waals surface area contributed by atoms with Gasteiger partial charge in [-0.15, -0.1) is 0 Å². The maximum absolute atomic E-state index is 13.9. The van der Waals surface area contributed by atoms with Crippen LogP contribution in [0.3, 0.4) is 0 Å². The number of carbonyl (C=O) groups excluding carboxylic acids is 2. The summed E-state index contributed by atoms with van der Waals surface area (Å²) in [4.78, 5) is 29.4. The van der Waals surface area contributed by atoms with Crippen molar-refractivity contribution in [3.63, 3.8) is 0 Å². The van der Waals surface area contributed by atoms with Gasteiger partial charge in [0, 0.05) is 29.6 Å². The molecule has 0 heterocycles. The van der Waals surface area contributed by atoms with Crippen LogP contribution in [-0.2, 0) is 35.4 Å². The number of amides is 2. The van der Waals surface area contributed by atoms with Gasteiger partial charge in [-0.25, -0.2) is 0 Å². The summed E-state index contributed by atoms with van der Waals surface area (Å²) < 4.78 is 10.7. The number of benzene rings is 4. The minimum absolute atomic E-state index is 0.134. The van der Waals surface area contributed by atoms with Crippen LogP contribution in [0.5, 0.6) is 11.5 Å². The number of rotatable bonds is 13. The van der Waals surface area contributed by atoms with E-state index in [0.29, 0.717) is 40.9 Å². The van der Waals surface area contributed by atoms with Gasteiger partial charge in [0.15, 0.2) is 11.5 Å². The number of halogens is 2. The highest BCUT2D eigenvalue weighted by Gasteiger charge is 2.30. The third-order valence-electron chi connectivity index (χ3n) is 6.97. The standard InChI is InChI=1S/C34H34Cl2N2O4/c1-41-31-17-12-26(21-32(31)42-2)18-19-37-34(40)30(20-24-6-4-3-5-7-24)38(23-27-10-15-29(36)16-11-27)33(39)22-25-8-13-28(35)14-9-25/h3-17,21,30H,18-20,22-23H2,1-2H3,(H,37,40)/t30-/m1/s1. The zero-order valence-electron chi connectivity index (χ0n) is 23.7. The van der Waals surface area contributed by atoms with Gasteiger partial charge in [-0.3, -0.25) is 9.59 Å². The Morgan fingerprint density at radius 2 is 1.33 bits per heavy atom. The summed E-state index contributed by atoms with van der Waals surface area (Å²) in [5.41, 5.74) is 3.64. The van der Waals surface area contributed by atoms with Gasteiger partial charge < -0.3 is 19.7 Å². The van der Waals surface area contributed by atoms with Gasteiger partial charge in [0.25, 0.3) is 0 Å². The Morgan fingerprint density at radius 3 is 1.95 bits per heavy atom. The van der Waals surface area contributed by atoms with Gasteiger partial charge in [0.2, 0.25) is 11.8 Å². The minimum atomic E-state index is -0.742. The van der Waals surface area contributed by atoms with E-state index in [1.165, 1.54) is 0 Å². The van der Waals surface area contributed by atoms with Crippen molar-refractivity contribution in [2.45, 2.75) is 31.8 Å². The molecule has 1 N–H and O–H groups in total. The Labute approximate surface area is 257 Å². The summed E-state index contributed by atoms with van der Waals surface area (Å²) in [7, 11) is 3.18. The van der Waals surface area contributed by atoms with Crippen LogP contribution >= 0.6 is 23.2 Å². The van der Waals surface area contributed by atoms with Crippen LogP contribution in [0, 0.1) is 0 Å². The first-order valence-corrected chi connectivity index (χ1v) is 14.4. The van der Waals surface area contributed by atoms with Crippen LogP contribution in [0.4, 0.5) is 0 Å².